The molecule has 5 aromatic rings. The fourth-order valence-corrected chi connectivity index (χ4v) is 7.89. The highest BCUT2D eigenvalue weighted by Gasteiger charge is 2.47. The van der Waals surface area contributed by atoms with E-state index in [1.807, 2.05) is 30.3 Å². The molecule has 6 heteroatoms. The van der Waals surface area contributed by atoms with Gasteiger partial charge in [-0.2, -0.15) is 4.89 Å². The van der Waals surface area contributed by atoms with Crippen LogP contribution >= 0.6 is 0 Å². The minimum atomic E-state index is -0.739. The molecule has 1 aliphatic heterocycles. The summed E-state index contributed by atoms with van der Waals surface area (Å²) in [6, 6.07) is 37.4. The molecule has 5 aromatic carbocycles. The van der Waals surface area contributed by atoms with E-state index in [4.69, 9.17) is 24.0 Å². The topological polar surface area (TPSA) is 63.2 Å². The van der Waals surface area contributed by atoms with Gasteiger partial charge in [-0.3, -0.25) is 0 Å². The van der Waals surface area contributed by atoms with E-state index in [-0.39, 0.29) is 18.6 Å². The van der Waals surface area contributed by atoms with Gasteiger partial charge < -0.3 is 19.1 Å². The highest BCUT2D eigenvalue weighted by Crippen LogP contribution is 2.50. The summed E-state index contributed by atoms with van der Waals surface area (Å²) in [5.41, 5.74) is 8.59. The van der Waals surface area contributed by atoms with Crippen LogP contribution in [-0.2, 0) is 34.3 Å². The van der Waals surface area contributed by atoms with E-state index in [2.05, 4.69) is 62.0 Å². The summed E-state index contributed by atoms with van der Waals surface area (Å²) in [5.74, 6) is 1.43. The average Bonchev–Trinajstić information content (AvgIpc) is 3.37. The molecule has 0 fully saturated rings. The fourth-order valence-electron chi connectivity index (χ4n) is 7.89. The Morgan fingerprint density at radius 2 is 1.57 bits per heavy atom. The zero-order valence-electron chi connectivity index (χ0n) is 28.9. The van der Waals surface area contributed by atoms with Crippen molar-refractivity contribution in [2.75, 3.05) is 6.61 Å². The van der Waals surface area contributed by atoms with Gasteiger partial charge in [0.25, 0.3) is 0 Å². The van der Waals surface area contributed by atoms with Crippen LogP contribution in [0.3, 0.4) is 0 Å². The summed E-state index contributed by atoms with van der Waals surface area (Å²) in [7, 11) is 0. The second-order valence-electron chi connectivity index (χ2n) is 14.0. The maximum absolute atomic E-state index is 12.7. The molecule has 3 aliphatic rings. The largest absolute Gasteiger partial charge is 0.464 e. The SMILES string of the molecule is C=Cc1ccc(C(=O)Oc2ccc(OOC[C@@](C)(c3ccccc3)C3Oc4ccc5c(c4[C@H]4c6ccccc6CCC4O3)CCCC5)cc2)cc1. The zero-order chi connectivity index (χ0) is 34.8. The van der Waals surface area contributed by atoms with Gasteiger partial charge in [0.1, 0.15) is 18.1 Å². The van der Waals surface area contributed by atoms with Crippen LogP contribution in [0.2, 0.25) is 0 Å². The summed E-state index contributed by atoms with van der Waals surface area (Å²) in [6.07, 6.45) is 7.46. The van der Waals surface area contributed by atoms with Crippen LogP contribution in [0.4, 0.5) is 0 Å². The van der Waals surface area contributed by atoms with Crippen molar-refractivity contribution in [1.82, 2.24) is 0 Å². The van der Waals surface area contributed by atoms with E-state index in [1.165, 1.54) is 40.7 Å². The smallest absolute Gasteiger partial charge is 0.343 e. The van der Waals surface area contributed by atoms with Crippen LogP contribution in [0.1, 0.15) is 81.4 Å². The molecule has 0 amide bonds. The summed E-state index contributed by atoms with van der Waals surface area (Å²) in [5, 5.41) is 0. The standard InChI is InChI=1S/C45H42O6/c1-3-30-17-19-33(20-18-30)43(46)48-35-23-25-36(26-24-35)51-47-29-45(2,34-13-5-4-6-14-34)44-49-39-27-21-31-11-7-9-15-37(31)41(39)42-38-16-10-8-12-32(38)22-28-40(42)50-44/h3-7,9,11,13-15,17-20,22-26,28,39,41,44H,1,8,10,12,16,21,27,29H2,2H3/t39?,41-,44?,45-/m0/s1. The number of hydrogen-bond acceptors (Lipinski definition) is 6. The van der Waals surface area contributed by atoms with E-state index in [1.54, 1.807) is 42.5 Å². The van der Waals surface area contributed by atoms with Crippen LogP contribution in [0, 0.1) is 0 Å². The lowest BCUT2D eigenvalue weighted by atomic mass is 9.73. The Labute approximate surface area is 299 Å². The van der Waals surface area contributed by atoms with E-state index in [0.29, 0.717) is 17.1 Å². The molecule has 4 atom stereocenters. The highest BCUT2D eigenvalue weighted by atomic mass is 17.2. The van der Waals surface area contributed by atoms with Crippen molar-refractivity contribution < 1.29 is 28.8 Å². The highest BCUT2D eigenvalue weighted by molar-refractivity contribution is 5.91. The Morgan fingerprint density at radius 3 is 2.37 bits per heavy atom. The maximum Gasteiger partial charge on any atom is 0.343 e. The molecule has 8 rings (SSSR count). The van der Waals surface area contributed by atoms with Crippen molar-refractivity contribution in [3.63, 3.8) is 0 Å². The lowest BCUT2D eigenvalue weighted by Gasteiger charge is -2.39. The van der Waals surface area contributed by atoms with Gasteiger partial charge in [0.05, 0.1) is 17.1 Å². The van der Waals surface area contributed by atoms with E-state index >= 15 is 0 Å². The van der Waals surface area contributed by atoms with Gasteiger partial charge >= 0.3 is 5.97 Å². The van der Waals surface area contributed by atoms with Gasteiger partial charge in [0.2, 0.25) is 6.29 Å². The number of carbonyl (C=O) groups excluding carboxylic acids is 1. The lowest BCUT2D eigenvalue weighted by Crippen LogP contribution is -2.48. The number of ether oxygens (including phenoxy) is 3. The monoisotopic (exact) mass is 678 g/mol. The van der Waals surface area contributed by atoms with Crippen molar-refractivity contribution in [2.24, 2.45) is 0 Å². The molecular formula is C45H42O6. The van der Waals surface area contributed by atoms with Gasteiger partial charge in [-0.1, -0.05) is 85.5 Å². The zero-order valence-corrected chi connectivity index (χ0v) is 28.9. The van der Waals surface area contributed by atoms with Crippen LogP contribution < -0.4 is 14.4 Å². The molecule has 0 bridgehead atoms. The normalized spacial score (nSPS) is 20.1. The second kappa shape index (κ2) is 14.2. The number of benzene rings is 5. The van der Waals surface area contributed by atoms with Gasteiger partial charge in [0.15, 0.2) is 5.75 Å². The molecule has 0 radical (unpaired) electrons. The third-order valence-corrected chi connectivity index (χ3v) is 10.7. The van der Waals surface area contributed by atoms with Gasteiger partial charge in [-0.25, -0.2) is 4.79 Å². The molecule has 0 saturated carbocycles. The summed E-state index contributed by atoms with van der Waals surface area (Å²) < 4.78 is 19.8. The number of aryl methyl sites for hydroxylation is 2. The molecule has 51 heavy (non-hydrogen) atoms. The summed E-state index contributed by atoms with van der Waals surface area (Å²) >= 11 is 0. The average molecular weight is 679 g/mol. The first kappa shape index (κ1) is 33.0. The lowest BCUT2D eigenvalue weighted by molar-refractivity contribution is -0.247. The number of hydrogen-bond donors (Lipinski definition) is 0. The molecule has 2 aliphatic carbocycles. The number of fused-ring (bicyclic) bond motifs is 7. The Bertz CT molecular complexity index is 2020. The predicted molar refractivity (Wildman–Crippen MR) is 197 cm³/mol. The third kappa shape index (κ3) is 6.58. The predicted octanol–water partition coefficient (Wildman–Crippen LogP) is 9.58. The first-order valence-corrected chi connectivity index (χ1v) is 17.9. The van der Waals surface area contributed by atoms with Crippen molar-refractivity contribution >= 4 is 12.0 Å². The van der Waals surface area contributed by atoms with E-state index < -0.39 is 17.7 Å². The molecule has 0 N–H and O–H groups in total. The fraction of sp³-hybridized carbons (Fsp3) is 0.267. The van der Waals surface area contributed by atoms with Gasteiger partial charge in [-0.05, 0) is 121 Å². The Morgan fingerprint density at radius 1 is 0.824 bits per heavy atom. The van der Waals surface area contributed by atoms with E-state index in [0.717, 1.165) is 42.6 Å². The molecule has 258 valence electrons. The Balaban J connectivity index is 1.05. The van der Waals surface area contributed by atoms with Crippen molar-refractivity contribution in [2.45, 2.75) is 69.2 Å². The molecular weight excluding hydrogens is 636 g/mol. The number of esters is 1. The van der Waals surface area contributed by atoms with Crippen LogP contribution in [-0.4, -0.2) is 25.0 Å². The molecule has 0 spiro atoms. The van der Waals surface area contributed by atoms with Gasteiger partial charge in [-0.15, -0.1) is 0 Å². The second-order valence-corrected chi connectivity index (χ2v) is 14.0. The Hall–Kier alpha value is -5.17. The van der Waals surface area contributed by atoms with Crippen LogP contribution in [0.5, 0.6) is 17.2 Å². The van der Waals surface area contributed by atoms with E-state index in [9.17, 15) is 4.79 Å². The maximum atomic E-state index is 12.7. The van der Waals surface area contributed by atoms with Crippen molar-refractivity contribution in [3.8, 4) is 17.2 Å². The Kier molecular flexibility index (Phi) is 9.20. The summed E-state index contributed by atoms with van der Waals surface area (Å²) in [4.78, 5) is 24.6. The minimum Gasteiger partial charge on any atom is -0.464 e. The minimum absolute atomic E-state index is 0.0567. The van der Waals surface area contributed by atoms with Crippen LogP contribution in [0.25, 0.3) is 6.08 Å². The quantitative estimate of drug-likeness (QED) is 0.0670. The van der Waals surface area contributed by atoms with Crippen LogP contribution in [0.15, 0.2) is 122 Å². The number of rotatable bonds is 9. The first-order valence-electron chi connectivity index (χ1n) is 17.9. The van der Waals surface area contributed by atoms with Crippen molar-refractivity contribution in [3.05, 3.63) is 166 Å². The third-order valence-electron chi connectivity index (χ3n) is 10.7. The molecule has 6 nitrogen and oxygen atoms in total. The molecule has 0 aromatic heterocycles. The van der Waals surface area contributed by atoms with Gasteiger partial charge in [0, 0.05) is 11.5 Å². The summed E-state index contributed by atoms with van der Waals surface area (Å²) in [6.45, 7) is 6.03. The molecule has 1 heterocycles. The van der Waals surface area contributed by atoms with Crippen molar-refractivity contribution in [1.29, 1.82) is 0 Å². The molecule has 0 saturated heterocycles. The number of carbonyl (C=O) groups is 1. The molecule has 2 unspecified atom stereocenters. The first-order chi connectivity index (χ1) is 25.0.